The van der Waals surface area contributed by atoms with Gasteiger partial charge < -0.3 is 15.3 Å². The number of carboxylic acids is 1. The average molecular weight is 310 g/mol. The first-order valence-corrected chi connectivity index (χ1v) is 8.37. The van der Waals surface area contributed by atoms with Crippen molar-refractivity contribution in [1.82, 2.24) is 10.2 Å². The number of nitrogens with zero attached hydrogens (tertiary/aromatic N) is 1. The van der Waals surface area contributed by atoms with Crippen molar-refractivity contribution >= 4 is 17.8 Å². The Morgan fingerprint density at radius 1 is 1.18 bits per heavy atom. The number of hydrogen-bond acceptors (Lipinski definition) is 3. The molecule has 1 unspecified atom stereocenters. The fraction of sp³-hybridized carbons (Fsp3) is 0.812. The molecular weight excluding hydrogens is 284 g/mol. The molecule has 0 aromatic heterocycles. The lowest BCUT2D eigenvalue weighted by Gasteiger charge is -2.23. The van der Waals surface area contributed by atoms with E-state index in [1.54, 1.807) is 0 Å². The van der Waals surface area contributed by atoms with Gasteiger partial charge >= 0.3 is 5.97 Å². The van der Waals surface area contributed by atoms with Gasteiger partial charge in [0.1, 0.15) is 0 Å². The Kier molecular flexibility index (Phi) is 6.21. The maximum atomic E-state index is 12.1. The standard InChI is InChI=1S/C16H26N2O4/c19-14-10-12(11-18(14)13-6-3-4-7-13)16(22)17-9-5-1-2-8-15(20)21/h12-13H,1-11H2,(H,17,22)(H,20,21). The summed E-state index contributed by atoms with van der Waals surface area (Å²) in [4.78, 5) is 36.4. The first kappa shape index (κ1) is 16.8. The average Bonchev–Trinajstić information content (AvgIpc) is 3.11. The van der Waals surface area contributed by atoms with Crippen LogP contribution in [-0.2, 0) is 14.4 Å². The van der Waals surface area contributed by atoms with Crippen LogP contribution in [0.4, 0.5) is 0 Å². The molecule has 0 aromatic carbocycles. The summed E-state index contributed by atoms with van der Waals surface area (Å²) in [7, 11) is 0. The summed E-state index contributed by atoms with van der Waals surface area (Å²) < 4.78 is 0. The predicted molar refractivity (Wildman–Crippen MR) is 81.2 cm³/mol. The molecule has 2 amide bonds. The third-order valence-electron chi connectivity index (χ3n) is 4.66. The summed E-state index contributed by atoms with van der Waals surface area (Å²) in [6.45, 7) is 1.13. The van der Waals surface area contributed by atoms with E-state index >= 15 is 0 Å². The van der Waals surface area contributed by atoms with Crippen molar-refractivity contribution in [1.29, 1.82) is 0 Å². The van der Waals surface area contributed by atoms with Gasteiger partial charge in [0, 0.05) is 32.0 Å². The smallest absolute Gasteiger partial charge is 0.303 e. The van der Waals surface area contributed by atoms with Crippen LogP contribution in [0.15, 0.2) is 0 Å². The number of likely N-dealkylation sites (tertiary alicyclic amines) is 1. The molecule has 0 spiro atoms. The first-order valence-electron chi connectivity index (χ1n) is 8.37. The Bertz CT molecular complexity index is 418. The SMILES string of the molecule is O=C(O)CCCCCNC(=O)C1CC(=O)N(C2CCCC2)C1. The van der Waals surface area contributed by atoms with Crippen LogP contribution in [-0.4, -0.2) is 46.9 Å². The minimum Gasteiger partial charge on any atom is -0.481 e. The van der Waals surface area contributed by atoms with Gasteiger partial charge in [0.2, 0.25) is 11.8 Å². The van der Waals surface area contributed by atoms with Crippen molar-refractivity contribution in [2.75, 3.05) is 13.1 Å². The maximum Gasteiger partial charge on any atom is 0.303 e. The number of rotatable bonds is 8. The van der Waals surface area contributed by atoms with E-state index in [-0.39, 0.29) is 24.2 Å². The Hall–Kier alpha value is -1.59. The van der Waals surface area contributed by atoms with E-state index in [1.807, 2.05) is 4.90 Å². The van der Waals surface area contributed by atoms with Crippen LogP contribution in [0.25, 0.3) is 0 Å². The van der Waals surface area contributed by atoms with Crippen molar-refractivity contribution in [3.05, 3.63) is 0 Å². The zero-order valence-electron chi connectivity index (χ0n) is 13.1. The van der Waals surface area contributed by atoms with Crippen LogP contribution in [0.5, 0.6) is 0 Å². The molecule has 0 aromatic rings. The molecule has 0 bridgehead atoms. The van der Waals surface area contributed by atoms with Gasteiger partial charge in [-0.15, -0.1) is 0 Å². The molecule has 22 heavy (non-hydrogen) atoms. The van der Waals surface area contributed by atoms with Crippen molar-refractivity contribution in [2.24, 2.45) is 5.92 Å². The van der Waals surface area contributed by atoms with Crippen LogP contribution in [0.2, 0.25) is 0 Å². The monoisotopic (exact) mass is 310 g/mol. The number of hydrogen-bond donors (Lipinski definition) is 2. The summed E-state index contributed by atoms with van der Waals surface area (Å²) in [5, 5.41) is 11.4. The second kappa shape index (κ2) is 8.15. The number of carbonyl (C=O) groups is 3. The third-order valence-corrected chi connectivity index (χ3v) is 4.66. The minimum absolute atomic E-state index is 0.0351. The van der Waals surface area contributed by atoms with E-state index in [0.29, 0.717) is 32.0 Å². The normalized spacial score (nSPS) is 22.3. The quantitative estimate of drug-likeness (QED) is 0.666. The van der Waals surface area contributed by atoms with Gasteiger partial charge in [-0.2, -0.15) is 0 Å². The Morgan fingerprint density at radius 2 is 1.91 bits per heavy atom. The highest BCUT2D eigenvalue weighted by atomic mass is 16.4. The molecule has 2 rings (SSSR count). The summed E-state index contributed by atoms with van der Waals surface area (Å²) in [5.74, 6) is -0.909. The first-order chi connectivity index (χ1) is 10.6. The number of carbonyl (C=O) groups excluding carboxylic acids is 2. The zero-order chi connectivity index (χ0) is 15.9. The fourth-order valence-electron chi connectivity index (χ4n) is 3.41. The van der Waals surface area contributed by atoms with Crippen LogP contribution >= 0.6 is 0 Å². The van der Waals surface area contributed by atoms with Gasteiger partial charge in [0.25, 0.3) is 0 Å². The second-order valence-corrected chi connectivity index (χ2v) is 6.38. The van der Waals surface area contributed by atoms with Gasteiger partial charge in [0.15, 0.2) is 0 Å². The number of nitrogens with one attached hydrogen (secondary N) is 1. The van der Waals surface area contributed by atoms with Crippen LogP contribution in [0, 0.1) is 5.92 Å². The number of amides is 2. The summed E-state index contributed by atoms with van der Waals surface area (Å²) in [6.07, 6.45) is 7.25. The molecule has 1 atom stereocenters. The molecule has 0 radical (unpaired) electrons. The Morgan fingerprint density at radius 3 is 2.59 bits per heavy atom. The lowest BCUT2D eigenvalue weighted by molar-refractivity contribution is -0.137. The van der Waals surface area contributed by atoms with Crippen LogP contribution in [0.3, 0.4) is 0 Å². The molecule has 124 valence electrons. The van der Waals surface area contributed by atoms with E-state index in [2.05, 4.69) is 5.32 Å². The molecule has 1 aliphatic heterocycles. The molecule has 2 aliphatic rings. The van der Waals surface area contributed by atoms with Crippen molar-refractivity contribution < 1.29 is 19.5 Å². The third kappa shape index (κ3) is 4.71. The lowest BCUT2D eigenvalue weighted by Crippen LogP contribution is -2.37. The lowest BCUT2D eigenvalue weighted by atomic mass is 10.1. The highest BCUT2D eigenvalue weighted by Crippen LogP contribution is 2.29. The molecular formula is C16H26N2O4. The zero-order valence-corrected chi connectivity index (χ0v) is 13.1. The molecule has 2 fully saturated rings. The topological polar surface area (TPSA) is 86.7 Å². The van der Waals surface area contributed by atoms with E-state index < -0.39 is 5.97 Å². The van der Waals surface area contributed by atoms with E-state index in [9.17, 15) is 14.4 Å². The Labute approximate surface area is 131 Å². The van der Waals surface area contributed by atoms with Crippen molar-refractivity contribution in [2.45, 2.75) is 63.8 Å². The largest absolute Gasteiger partial charge is 0.481 e. The van der Waals surface area contributed by atoms with Crippen LogP contribution in [0.1, 0.15) is 57.8 Å². The number of carboxylic acid groups (broad SMARTS) is 1. The van der Waals surface area contributed by atoms with Gasteiger partial charge in [-0.3, -0.25) is 14.4 Å². The number of unbranched alkanes of at least 4 members (excludes halogenated alkanes) is 2. The van der Waals surface area contributed by atoms with Gasteiger partial charge in [-0.05, 0) is 25.7 Å². The van der Waals surface area contributed by atoms with Gasteiger partial charge in [-0.25, -0.2) is 0 Å². The molecule has 2 N–H and O–H groups in total. The van der Waals surface area contributed by atoms with Crippen LogP contribution < -0.4 is 5.32 Å². The highest BCUT2D eigenvalue weighted by Gasteiger charge is 2.38. The maximum absolute atomic E-state index is 12.1. The van der Waals surface area contributed by atoms with Crippen molar-refractivity contribution in [3.63, 3.8) is 0 Å². The Balaban J connectivity index is 1.63. The molecule has 1 saturated carbocycles. The molecule has 1 saturated heterocycles. The van der Waals surface area contributed by atoms with E-state index in [4.69, 9.17) is 5.11 Å². The van der Waals surface area contributed by atoms with Gasteiger partial charge in [-0.1, -0.05) is 19.3 Å². The summed E-state index contributed by atoms with van der Waals surface area (Å²) in [5.41, 5.74) is 0. The summed E-state index contributed by atoms with van der Waals surface area (Å²) in [6, 6.07) is 0.348. The molecule has 1 heterocycles. The summed E-state index contributed by atoms with van der Waals surface area (Å²) >= 11 is 0. The number of aliphatic carboxylic acids is 1. The molecule has 6 heteroatoms. The van der Waals surface area contributed by atoms with Crippen molar-refractivity contribution in [3.8, 4) is 0 Å². The molecule has 6 nitrogen and oxygen atoms in total. The van der Waals surface area contributed by atoms with E-state index in [1.165, 1.54) is 12.8 Å². The second-order valence-electron chi connectivity index (χ2n) is 6.38. The predicted octanol–water partition coefficient (Wildman–Crippen LogP) is 1.54. The fourth-order valence-corrected chi connectivity index (χ4v) is 3.41. The highest BCUT2D eigenvalue weighted by molar-refractivity contribution is 5.89. The molecule has 1 aliphatic carbocycles. The minimum atomic E-state index is -0.777. The van der Waals surface area contributed by atoms with E-state index in [0.717, 1.165) is 25.7 Å². The van der Waals surface area contributed by atoms with Gasteiger partial charge in [0.05, 0.1) is 5.92 Å².